The third-order valence-corrected chi connectivity index (χ3v) is 6.61. The number of morpholine rings is 1. The van der Waals surface area contributed by atoms with E-state index in [0.29, 0.717) is 34.7 Å². The summed E-state index contributed by atoms with van der Waals surface area (Å²) < 4.78 is 47.0. The Balaban J connectivity index is 1.57. The summed E-state index contributed by atoms with van der Waals surface area (Å²) in [6.45, 7) is 8.16. The van der Waals surface area contributed by atoms with Crippen LogP contribution < -0.4 is 5.32 Å². The van der Waals surface area contributed by atoms with E-state index >= 15 is 0 Å². The number of nitrogens with zero attached hydrogens (tertiary/aromatic N) is 4. The normalized spacial score (nSPS) is 18.6. The second-order valence-corrected chi connectivity index (χ2v) is 9.74. The minimum Gasteiger partial charge on any atom is -0.373 e. The molecule has 0 amide bonds. The van der Waals surface area contributed by atoms with Crippen LogP contribution in [0.3, 0.4) is 0 Å². The summed E-state index contributed by atoms with van der Waals surface area (Å²) >= 11 is 0. The van der Waals surface area contributed by atoms with E-state index in [0.717, 1.165) is 31.3 Å². The van der Waals surface area contributed by atoms with Crippen molar-refractivity contribution in [1.29, 1.82) is 0 Å². The molecule has 1 N–H and O–H groups in total. The van der Waals surface area contributed by atoms with Crippen molar-refractivity contribution < 1.29 is 17.9 Å². The first-order valence-electron chi connectivity index (χ1n) is 12.8. The topological polar surface area (TPSA) is 63.2 Å². The van der Waals surface area contributed by atoms with Gasteiger partial charge in [-0.3, -0.25) is 9.88 Å². The quantitative estimate of drug-likeness (QED) is 0.308. The first-order chi connectivity index (χ1) is 18.2. The fourth-order valence-corrected chi connectivity index (χ4v) is 4.93. The Hall–Kier alpha value is -3.56. The van der Waals surface area contributed by atoms with Crippen LogP contribution in [0, 0.1) is 0 Å². The maximum absolute atomic E-state index is 13.7. The zero-order chi connectivity index (χ0) is 26.9. The minimum atomic E-state index is -4.52. The predicted molar refractivity (Wildman–Crippen MR) is 142 cm³/mol. The van der Waals surface area contributed by atoms with Crippen LogP contribution in [0.2, 0.25) is 0 Å². The number of aryl methyl sites for hydroxylation is 1. The van der Waals surface area contributed by atoms with Crippen molar-refractivity contribution in [3.63, 3.8) is 0 Å². The van der Waals surface area contributed by atoms with Gasteiger partial charge in [-0.25, -0.2) is 9.97 Å². The Morgan fingerprint density at radius 3 is 2.42 bits per heavy atom. The lowest BCUT2D eigenvalue weighted by Gasteiger charge is -2.34. The number of rotatable bonds is 6. The predicted octanol–water partition coefficient (Wildman–Crippen LogP) is 6.63. The van der Waals surface area contributed by atoms with Gasteiger partial charge in [0.15, 0.2) is 0 Å². The van der Waals surface area contributed by atoms with Crippen molar-refractivity contribution in [2.45, 2.75) is 52.1 Å². The van der Waals surface area contributed by atoms with Crippen molar-refractivity contribution in [3.05, 3.63) is 77.7 Å². The van der Waals surface area contributed by atoms with Gasteiger partial charge in [0.2, 0.25) is 0 Å². The van der Waals surface area contributed by atoms with Crippen LogP contribution in [0.15, 0.2) is 60.8 Å². The number of halogens is 3. The molecule has 2 atom stereocenters. The number of pyridine rings is 1. The van der Waals surface area contributed by atoms with Gasteiger partial charge in [-0.2, -0.15) is 13.2 Å². The number of aromatic nitrogens is 3. The van der Waals surface area contributed by atoms with Gasteiger partial charge in [0.1, 0.15) is 11.6 Å². The Bertz CT molecular complexity index is 1410. The molecular weight excluding hydrogens is 491 g/mol. The van der Waals surface area contributed by atoms with Crippen LogP contribution in [0.4, 0.5) is 24.7 Å². The molecule has 6 nitrogen and oxygen atoms in total. The third-order valence-electron chi connectivity index (χ3n) is 6.61. The van der Waals surface area contributed by atoms with Gasteiger partial charge in [0.25, 0.3) is 0 Å². The van der Waals surface area contributed by atoms with Crippen molar-refractivity contribution in [2.75, 3.05) is 18.4 Å². The zero-order valence-electron chi connectivity index (χ0n) is 21.6. The smallest absolute Gasteiger partial charge is 0.373 e. The Morgan fingerprint density at radius 2 is 1.74 bits per heavy atom. The highest BCUT2D eigenvalue weighted by atomic mass is 19.4. The van der Waals surface area contributed by atoms with Crippen molar-refractivity contribution in [3.8, 4) is 11.3 Å². The molecule has 9 heteroatoms. The molecule has 2 aromatic carbocycles. The summed E-state index contributed by atoms with van der Waals surface area (Å²) in [6.07, 6.45) is -2.03. The minimum absolute atomic E-state index is 0.0884. The molecule has 0 radical (unpaired) electrons. The second-order valence-electron chi connectivity index (χ2n) is 9.74. The summed E-state index contributed by atoms with van der Waals surface area (Å²) in [4.78, 5) is 15.9. The maximum atomic E-state index is 13.7. The van der Waals surface area contributed by atoms with Crippen molar-refractivity contribution in [1.82, 2.24) is 19.9 Å². The first-order valence-corrected chi connectivity index (χ1v) is 12.8. The monoisotopic (exact) mass is 521 g/mol. The van der Waals surface area contributed by atoms with Gasteiger partial charge in [-0.1, -0.05) is 25.1 Å². The van der Waals surface area contributed by atoms with Gasteiger partial charge < -0.3 is 10.1 Å². The van der Waals surface area contributed by atoms with Crippen LogP contribution in [-0.4, -0.2) is 45.1 Å². The summed E-state index contributed by atoms with van der Waals surface area (Å²) in [6, 6.07) is 15.5. The summed E-state index contributed by atoms with van der Waals surface area (Å²) in [5, 5.41) is 4.11. The van der Waals surface area contributed by atoms with Crippen LogP contribution in [0.5, 0.6) is 0 Å². The third kappa shape index (κ3) is 5.79. The number of fused-ring (bicyclic) bond motifs is 1. The Labute approximate surface area is 219 Å². The largest absolute Gasteiger partial charge is 0.418 e. The molecule has 0 bridgehead atoms. The number of alkyl halides is 3. The lowest BCUT2D eigenvalue weighted by Crippen LogP contribution is -2.45. The van der Waals surface area contributed by atoms with Crippen LogP contribution >= 0.6 is 0 Å². The lowest BCUT2D eigenvalue weighted by molar-refractivity contribution is -0.137. The number of benzene rings is 2. The molecule has 0 spiro atoms. The van der Waals surface area contributed by atoms with E-state index < -0.39 is 11.7 Å². The SMILES string of the molecule is CCc1ccc(Nc2nc(CN3C[C@@H](C)O[C@H](C)C3)nc3cc(-c4ncccc4C(F)(F)F)ccc23)cc1. The van der Waals surface area contributed by atoms with E-state index in [9.17, 15) is 13.2 Å². The molecule has 2 aromatic heterocycles. The molecule has 4 aromatic rings. The van der Waals surface area contributed by atoms with Gasteiger partial charge in [0, 0.05) is 35.9 Å². The van der Waals surface area contributed by atoms with Gasteiger partial charge in [-0.15, -0.1) is 0 Å². The average molecular weight is 522 g/mol. The highest BCUT2D eigenvalue weighted by Gasteiger charge is 2.34. The molecule has 1 saturated heterocycles. The first kappa shape index (κ1) is 26.1. The number of nitrogens with one attached hydrogen (secondary N) is 1. The number of anilines is 2. The van der Waals surface area contributed by atoms with E-state index in [1.807, 2.05) is 26.0 Å². The highest BCUT2D eigenvalue weighted by Crippen LogP contribution is 2.37. The van der Waals surface area contributed by atoms with E-state index in [4.69, 9.17) is 14.7 Å². The second kappa shape index (κ2) is 10.7. The molecule has 5 rings (SSSR count). The molecule has 3 heterocycles. The molecule has 0 aliphatic carbocycles. The van der Waals surface area contributed by atoms with E-state index in [1.165, 1.54) is 17.8 Å². The number of hydrogen-bond donors (Lipinski definition) is 1. The molecule has 1 aliphatic rings. The van der Waals surface area contributed by atoms with Gasteiger partial charge in [-0.05, 0) is 62.2 Å². The fraction of sp³-hybridized carbons (Fsp3) is 0.345. The molecule has 198 valence electrons. The fourth-order valence-electron chi connectivity index (χ4n) is 4.93. The van der Waals surface area contributed by atoms with Crippen molar-refractivity contribution in [2.24, 2.45) is 0 Å². The number of ether oxygens (including phenoxy) is 1. The van der Waals surface area contributed by atoms with Crippen molar-refractivity contribution >= 4 is 22.4 Å². The Kier molecular flexibility index (Phi) is 7.32. The van der Waals surface area contributed by atoms with Crippen LogP contribution in [0.25, 0.3) is 22.2 Å². The molecule has 38 heavy (non-hydrogen) atoms. The molecule has 0 saturated carbocycles. The van der Waals surface area contributed by atoms with E-state index in [1.54, 1.807) is 18.2 Å². The zero-order valence-corrected chi connectivity index (χ0v) is 21.6. The van der Waals surface area contributed by atoms with Crippen LogP contribution in [-0.2, 0) is 23.9 Å². The van der Waals surface area contributed by atoms with E-state index in [-0.39, 0.29) is 17.9 Å². The van der Waals surface area contributed by atoms with Crippen LogP contribution in [0.1, 0.15) is 37.7 Å². The Morgan fingerprint density at radius 1 is 1.00 bits per heavy atom. The highest BCUT2D eigenvalue weighted by molar-refractivity contribution is 5.93. The number of hydrogen-bond acceptors (Lipinski definition) is 6. The lowest BCUT2D eigenvalue weighted by atomic mass is 10.0. The van der Waals surface area contributed by atoms with Gasteiger partial charge in [0.05, 0.1) is 35.5 Å². The van der Waals surface area contributed by atoms with Gasteiger partial charge >= 0.3 is 6.18 Å². The van der Waals surface area contributed by atoms with E-state index in [2.05, 4.69) is 34.3 Å². The maximum Gasteiger partial charge on any atom is 0.418 e. The molecule has 1 fully saturated rings. The average Bonchev–Trinajstić information content (AvgIpc) is 2.88. The molecule has 1 aliphatic heterocycles. The summed E-state index contributed by atoms with van der Waals surface area (Å²) in [5.74, 6) is 1.19. The molecule has 0 unspecified atom stereocenters. The molecular formula is C29H30F3N5O. The summed E-state index contributed by atoms with van der Waals surface area (Å²) in [7, 11) is 0. The standard InChI is InChI=1S/C29H30F3N5O/c1-4-20-7-10-22(11-8-20)34-28-23-12-9-21(27-24(29(30,31)32)6-5-13-33-27)14-25(23)35-26(36-28)17-37-15-18(2)38-19(3)16-37/h5-14,18-19H,4,15-17H2,1-3H3,(H,34,35,36)/t18-,19-/m1/s1. The summed E-state index contributed by atoms with van der Waals surface area (Å²) in [5.41, 5.74) is 2.09.